The number of nitrogens with zero attached hydrogens (tertiary/aromatic N) is 5. The normalized spacial score (nSPS) is 15.1. The van der Waals surface area contributed by atoms with Crippen molar-refractivity contribution in [1.29, 1.82) is 0 Å². The fraction of sp³-hybridized carbons (Fsp3) is 0.321. The van der Waals surface area contributed by atoms with Crippen LogP contribution in [0.1, 0.15) is 41.4 Å². The topological polar surface area (TPSA) is 113 Å². The Bertz CT molecular complexity index is 1560. The molecule has 6 rings (SSSR count). The number of piperidine rings is 1. The smallest absolute Gasteiger partial charge is 0.253 e. The summed E-state index contributed by atoms with van der Waals surface area (Å²) >= 11 is 8.26. The largest absolute Gasteiger partial charge is 0.396 e. The molecule has 0 radical (unpaired) electrons. The summed E-state index contributed by atoms with van der Waals surface area (Å²) in [4.78, 5) is 36.6. The van der Waals surface area contributed by atoms with Gasteiger partial charge in [-0.15, -0.1) is 0 Å². The predicted octanol–water partition coefficient (Wildman–Crippen LogP) is 4.61. The minimum absolute atomic E-state index is 0.0666. The first-order valence-corrected chi connectivity index (χ1v) is 14.1. The van der Waals surface area contributed by atoms with Gasteiger partial charge in [0.25, 0.3) is 5.91 Å². The highest BCUT2D eigenvalue weighted by Crippen LogP contribution is 2.44. The van der Waals surface area contributed by atoms with Gasteiger partial charge in [-0.05, 0) is 61.9 Å². The molecule has 1 aliphatic carbocycles. The quantitative estimate of drug-likeness (QED) is 0.367. The lowest BCUT2D eigenvalue weighted by Crippen LogP contribution is -2.39. The van der Waals surface area contributed by atoms with E-state index in [0.29, 0.717) is 34.5 Å². The number of aryl methyl sites for hydroxylation is 1. The average Bonchev–Trinajstić information content (AvgIpc) is 3.53. The second-order valence-corrected chi connectivity index (χ2v) is 11.3. The first-order valence-electron chi connectivity index (χ1n) is 12.9. The van der Waals surface area contributed by atoms with Gasteiger partial charge in [-0.2, -0.15) is 5.10 Å². The number of anilines is 1. The summed E-state index contributed by atoms with van der Waals surface area (Å²) < 4.78 is 1.83. The number of benzene rings is 1. The average molecular weight is 563 g/mol. The van der Waals surface area contributed by atoms with Crippen molar-refractivity contribution in [3.63, 3.8) is 0 Å². The molecule has 4 heterocycles. The van der Waals surface area contributed by atoms with Crippen molar-refractivity contribution in [2.24, 2.45) is 5.92 Å². The zero-order valence-corrected chi connectivity index (χ0v) is 22.9. The molecule has 2 amide bonds. The highest BCUT2D eigenvalue weighted by molar-refractivity contribution is 7.19. The fourth-order valence-corrected chi connectivity index (χ4v) is 6.67. The van der Waals surface area contributed by atoms with Gasteiger partial charge in [-0.3, -0.25) is 14.6 Å². The van der Waals surface area contributed by atoms with Crippen LogP contribution in [0.15, 0.2) is 42.7 Å². The van der Waals surface area contributed by atoms with E-state index in [0.717, 1.165) is 58.8 Å². The molecule has 0 saturated carbocycles. The number of thiazole rings is 1. The number of rotatable bonds is 5. The molecular weight excluding hydrogens is 536 g/mol. The Labute approximate surface area is 234 Å². The fourth-order valence-electron chi connectivity index (χ4n) is 5.30. The first-order chi connectivity index (χ1) is 18.9. The Morgan fingerprint density at radius 2 is 2.03 bits per heavy atom. The summed E-state index contributed by atoms with van der Waals surface area (Å²) in [7, 11) is 0. The Morgan fingerprint density at radius 3 is 2.72 bits per heavy atom. The minimum atomic E-state index is -0.172. The van der Waals surface area contributed by atoms with E-state index in [9.17, 15) is 14.7 Å². The summed E-state index contributed by atoms with van der Waals surface area (Å²) in [6, 6.07) is 9.19. The monoisotopic (exact) mass is 562 g/mol. The molecular formula is C28H27ClN6O3S. The number of fused-ring (bicyclic) bond motifs is 3. The molecule has 3 aromatic heterocycles. The summed E-state index contributed by atoms with van der Waals surface area (Å²) in [6.45, 7) is 2.87. The van der Waals surface area contributed by atoms with Crippen LogP contribution in [0.25, 0.3) is 27.5 Å². The van der Waals surface area contributed by atoms with Crippen LogP contribution < -0.4 is 5.32 Å². The minimum Gasteiger partial charge on any atom is -0.396 e. The lowest BCUT2D eigenvalue weighted by Gasteiger charge is -2.31. The van der Waals surface area contributed by atoms with Gasteiger partial charge in [0, 0.05) is 55.7 Å². The number of likely N-dealkylation sites (tertiary alicyclic amines) is 1. The van der Waals surface area contributed by atoms with Crippen LogP contribution in [0.5, 0.6) is 0 Å². The molecule has 1 aliphatic heterocycles. The van der Waals surface area contributed by atoms with Gasteiger partial charge >= 0.3 is 0 Å². The van der Waals surface area contributed by atoms with Crippen LogP contribution in [0.2, 0.25) is 5.02 Å². The van der Waals surface area contributed by atoms with Gasteiger partial charge in [0.2, 0.25) is 5.91 Å². The maximum absolute atomic E-state index is 13.2. The molecule has 11 heteroatoms. The number of hydrogen-bond donors (Lipinski definition) is 2. The van der Waals surface area contributed by atoms with E-state index in [4.69, 9.17) is 16.7 Å². The number of nitrogens with one attached hydrogen (secondary N) is 1. The number of aliphatic hydroxyl groups excluding tert-OH is 1. The van der Waals surface area contributed by atoms with E-state index in [1.807, 2.05) is 27.8 Å². The molecule has 9 nitrogen and oxygen atoms in total. The maximum atomic E-state index is 13.2. The number of aromatic nitrogens is 4. The van der Waals surface area contributed by atoms with Gasteiger partial charge in [-0.1, -0.05) is 22.9 Å². The molecule has 2 N–H and O–H groups in total. The van der Waals surface area contributed by atoms with Gasteiger partial charge in [-0.25, -0.2) is 9.67 Å². The van der Waals surface area contributed by atoms with Gasteiger partial charge in [0.1, 0.15) is 0 Å². The standard InChI is InChI=1S/C28H27ClN6O3S/c1-16(37)31-28-32-22-6-5-20-24(19-3-2-10-30-14-19)33-35(25(20)26(22)39-28)23-7-4-18(13-21(23)29)27(38)34-11-8-17(15-36)9-12-34/h2-4,7,10,13-14,17,36H,5-6,8-9,11-12,15H2,1H3,(H,31,32,37). The molecule has 1 fully saturated rings. The second kappa shape index (κ2) is 10.5. The van der Waals surface area contributed by atoms with Crippen LogP contribution in [-0.4, -0.2) is 61.3 Å². The van der Waals surface area contributed by atoms with E-state index >= 15 is 0 Å². The number of aliphatic hydroxyl groups is 1. The number of pyridine rings is 1. The molecule has 4 aromatic rings. The number of halogens is 1. The molecule has 0 atom stereocenters. The van der Waals surface area contributed by atoms with Crippen molar-refractivity contribution < 1.29 is 14.7 Å². The lowest BCUT2D eigenvalue weighted by atomic mass is 9.95. The molecule has 0 spiro atoms. The van der Waals surface area contributed by atoms with E-state index in [1.54, 1.807) is 24.5 Å². The third-order valence-corrected chi connectivity index (χ3v) is 8.63. The number of hydrogen-bond acceptors (Lipinski definition) is 7. The van der Waals surface area contributed by atoms with Gasteiger partial charge in [0.15, 0.2) is 5.13 Å². The van der Waals surface area contributed by atoms with Crippen LogP contribution >= 0.6 is 22.9 Å². The zero-order chi connectivity index (χ0) is 27.1. The summed E-state index contributed by atoms with van der Waals surface area (Å²) in [6.07, 6.45) is 6.57. The Hall–Kier alpha value is -3.60. The van der Waals surface area contributed by atoms with E-state index < -0.39 is 0 Å². The summed E-state index contributed by atoms with van der Waals surface area (Å²) in [5, 5.41) is 18.2. The first kappa shape index (κ1) is 25.7. The Balaban J connectivity index is 1.41. The van der Waals surface area contributed by atoms with Crippen LogP contribution in [-0.2, 0) is 17.6 Å². The van der Waals surface area contributed by atoms with Crippen molar-refractivity contribution in [3.05, 3.63) is 64.6 Å². The van der Waals surface area contributed by atoms with Crippen molar-refractivity contribution >= 4 is 39.9 Å². The molecule has 0 unspecified atom stereocenters. The molecule has 39 heavy (non-hydrogen) atoms. The Kier molecular flexibility index (Phi) is 6.92. The summed E-state index contributed by atoms with van der Waals surface area (Å²) in [5.41, 5.74) is 5.75. The van der Waals surface area contributed by atoms with E-state index in [-0.39, 0.29) is 24.3 Å². The van der Waals surface area contributed by atoms with Gasteiger partial charge in [0.05, 0.1) is 32.7 Å². The number of carbonyl (C=O) groups is 2. The number of carbonyl (C=O) groups excluding carboxylic acids is 2. The molecule has 1 saturated heterocycles. The van der Waals surface area contributed by atoms with Gasteiger partial charge < -0.3 is 15.3 Å². The highest BCUT2D eigenvalue weighted by atomic mass is 35.5. The zero-order valence-electron chi connectivity index (χ0n) is 21.4. The Morgan fingerprint density at radius 1 is 1.21 bits per heavy atom. The molecule has 1 aromatic carbocycles. The van der Waals surface area contributed by atoms with E-state index in [1.165, 1.54) is 18.3 Å². The van der Waals surface area contributed by atoms with Crippen LogP contribution in [0.4, 0.5) is 5.13 Å². The highest BCUT2D eigenvalue weighted by Gasteiger charge is 2.31. The van der Waals surface area contributed by atoms with Crippen LogP contribution in [0.3, 0.4) is 0 Å². The maximum Gasteiger partial charge on any atom is 0.253 e. The predicted molar refractivity (Wildman–Crippen MR) is 150 cm³/mol. The lowest BCUT2D eigenvalue weighted by molar-refractivity contribution is -0.114. The molecule has 200 valence electrons. The number of amides is 2. The van der Waals surface area contributed by atoms with Crippen molar-refractivity contribution in [2.75, 3.05) is 25.0 Å². The summed E-state index contributed by atoms with van der Waals surface area (Å²) in [5.74, 6) is 0.0145. The SMILES string of the molecule is CC(=O)Nc1nc2c(s1)-c1c(c(-c3cccnc3)nn1-c1ccc(C(=O)N3CCC(CO)CC3)cc1Cl)CC2. The van der Waals surface area contributed by atoms with Crippen molar-refractivity contribution in [1.82, 2.24) is 24.6 Å². The van der Waals surface area contributed by atoms with Crippen molar-refractivity contribution in [2.45, 2.75) is 32.6 Å². The molecule has 0 bridgehead atoms. The second-order valence-electron chi connectivity index (χ2n) is 9.89. The van der Waals surface area contributed by atoms with Crippen molar-refractivity contribution in [3.8, 4) is 27.5 Å². The molecule has 2 aliphatic rings. The van der Waals surface area contributed by atoms with Crippen LogP contribution in [0, 0.1) is 5.92 Å². The third kappa shape index (κ3) is 4.84. The van der Waals surface area contributed by atoms with E-state index in [2.05, 4.69) is 15.3 Å². The third-order valence-electron chi connectivity index (χ3n) is 7.31.